The van der Waals surface area contributed by atoms with E-state index in [9.17, 15) is 0 Å². The van der Waals surface area contributed by atoms with Crippen LogP contribution in [0.5, 0.6) is 0 Å². The third kappa shape index (κ3) is 1.67. The molecule has 19 heavy (non-hydrogen) atoms. The minimum absolute atomic E-state index is 0.610. The number of aromatic nitrogens is 2. The Morgan fingerprint density at radius 2 is 1.58 bits per heavy atom. The fourth-order valence-corrected chi connectivity index (χ4v) is 2.17. The Labute approximate surface area is 109 Å². The van der Waals surface area contributed by atoms with Crippen molar-refractivity contribution in [3.63, 3.8) is 0 Å². The molecule has 0 aliphatic heterocycles. The van der Waals surface area contributed by atoms with E-state index < -0.39 is 0 Å². The second-order valence-electron chi connectivity index (χ2n) is 4.39. The molecule has 4 aromatic rings. The van der Waals surface area contributed by atoms with Crippen LogP contribution in [0.1, 0.15) is 0 Å². The molecule has 4 rings (SSSR count). The second kappa shape index (κ2) is 3.92. The Morgan fingerprint density at radius 3 is 2.47 bits per heavy atom. The molecule has 0 N–H and O–H groups in total. The summed E-state index contributed by atoms with van der Waals surface area (Å²) in [7, 11) is 0. The zero-order valence-electron chi connectivity index (χ0n) is 10.1. The third-order valence-corrected chi connectivity index (χ3v) is 3.10. The van der Waals surface area contributed by atoms with Crippen LogP contribution in [0.25, 0.3) is 33.6 Å². The van der Waals surface area contributed by atoms with E-state index in [0.29, 0.717) is 11.5 Å². The Hall–Kier alpha value is -2.68. The number of para-hydroxylation sites is 1. The minimum atomic E-state index is 0.610. The molecule has 0 aliphatic carbocycles. The number of pyridine rings is 1. The van der Waals surface area contributed by atoms with Crippen molar-refractivity contribution >= 4 is 22.1 Å². The zero-order valence-corrected chi connectivity index (χ0v) is 10.1. The molecule has 0 bridgehead atoms. The van der Waals surface area contributed by atoms with Gasteiger partial charge in [0.05, 0.1) is 5.52 Å². The van der Waals surface area contributed by atoms with Crippen molar-refractivity contribution < 1.29 is 4.42 Å². The Bertz CT molecular complexity index is 813. The molecule has 0 amide bonds. The lowest BCUT2D eigenvalue weighted by Gasteiger charge is -1.93. The lowest BCUT2D eigenvalue weighted by atomic mass is 10.2. The zero-order chi connectivity index (χ0) is 12.7. The highest BCUT2D eigenvalue weighted by molar-refractivity contribution is 5.89. The van der Waals surface area contributed by atoms with Gasteiger partial charge in [-0.15, -0.1) is 0 Å². The predicted octanol–water partition coefficient (Wildman–Crippen LogP) is 4.04. The van der Waals surface area contributed by atoms with Gasteiger partial charge >= 0.3 is 0 Å². The summed E-state index contributed by atoms with van der Waals surface area (Å²) in [6.45, 7) is 0. The third-order valence-electron chi connectivity index (χ3n) is 3.10. The van der Waals surface area contributed by atoms with Gasteiger partial charge in [-0.05, 0) is 24.3 Å². The van der Waals surface area contributed by atoms with Gasteiger partial charge < -0.3 is 4.42 Å². The molecule has 0 radical (unpaired) electrons. The van der Waals surface area contributed by atoms with Crippen LogP contribution >= 0.6 is 0 Å². The van der Waals surface area contributed by atoms with E-state index in [0.717, 1.165) is 22.0 Å². The summed E-state index contributed by atoms with van der Waals surface area (Å²) in [6.07, 6.45) is 0. The summed E-state index contributed by atoms with van der Waals surface area (Å²) >= 11 is 0. The summed E-state index contributed by atoms with van der Waals surface area (Å²) in [5.41, 5.74) is 3.27. The van der Waals surface area contributed by atoms with Crippen LogP contribution in [0.2, 0.25) is 0 Å². The van der Waals surface area contributed by atoms with Gasteiger partial charge in [0.2, 0.25) is 5.89 Å². The van der Waals surface area contributed by atoms with Gasteiger partial charge in [0.1, 0.15) is 0 Å². The molecule has 2 aromatic carbocycles. The average molecular weight is 246 g/mol. The molecule has 2 aromatic heterocycles. The molecule has 90 valence electrons. The van der Waals surface area contributed by atoms with Crippen LogP contribution in [0, 0.1) is 0 Å². The van der Waals surface area contributed by atoms with Crippen LogP contribution < -0.4 is 0 Å². The van der Waals surface area contributed by atoms with Crippen molar-refractivity contribution in [3.05, 3.63) is 60.7 Å². The van der Waals surface area contributed by atoms with Gasteiger partial charge in [-0.3, -0.25) is 0 Å². The van der Waals surface area contributed by atoms with Crippen molar-refractivity contribution in [2.45, 2.75) is 0 Å². The van der Waals surface area contributed by atoms with Crippen molar-refractivity contribution in [3.8, 4) is 11.5 Å². The predicted molar refractivity (Wildman–Crippen MR) is 74.7 cm³/mol. The normalized spacial score (nSPS) is 11.2. The molecule has 3 nitrogen and oxygen atoms in total. The van der Waals surface area contributed by atoms with E-state index in [-0.39, 0.29) is 0 Å². The first-order chi connectivity index (χ1) is 9.40. The van der Waals surface area contributed by atoms with E-state index in [1.807, 2.05) is 60.7 Å². The molecule has 0 aliphatic rings. The van der Waals surface area contributed by atoms with Gasteiger partial charge in [-0.1, -0.05) is 36.4 Å². The summed E-state index contributed by atoms with van der Waals surface area (Å²) < 4.78 is 5.79. The van der Waals surface area contributed by atoms with Crippen LogP contribution in [-0.2, 0) is 0 Å². The summed E-state index contributed by atoms with van der Waals surface area (Å²) in [4.78, 5) is 8.97. The molecule has 2 heterocycles. The number of rotatable bonds is 1. The first-order valence-corrected chi connectivity index (χ1v) is 6.12. The summed E-state index contributed by atoms with van der Waals surface area (Å²) in [6, 6.07) is 19.8. The van der Waals surface area contributed by atoms with E-state index >= 15 is 0 Å². The second-order valence-corrected chi connectivity index (χ2v) is 4.39. The van der Waals surface area contributed by atoms with Gasteiger partial charge in [0, 0.05) is 10.9 Å². The van der Waals surface area contributed by atoms with E-state index in [1.165, 1.54) is 0 Å². The highest BCUT2D eigenvalue weighted by atomic mass is 16.3. The summed E-state index contributed by atoms with van der Waals surface area (Å²) in [5, 5.41) is 1.06. The van der Waals surface area contributed by atoms with Crippen LogP contribution in [-0.4, -0.2) is 9.97 Å². The smallest absolute Gasteiger partial charge is 0.228 e. The summed E-state index contributed by atoms with van der Waals surface area (Å²) in [5.74, 6) is 0.610. The molecule has 0 spiro atoms. The van der Waals surface area contributed by atoms with E-state index in [1.54, 1.807) is 0 Å². The number of hydrogen-bond acceptors (Lipinski definition) is 3. The highest BCUT2D eigenvalue weighted by Crippen LogP contribution is 2.25. The van der Waals surface area contributed by atoms with Crippen molar-refractivity contribution in [1.29, 1.82) is 0 Å². The lowest BCUT2D eigenvalue weighted by Crippen LogP contribution is -1.80. The Morgan fingerprint density at radius 1 is 0.789 bits per heavy atom. The standard InChI is InChI=1S/C16H10N2O/c1-2-6-11(7-3-1)16-18-15-14(19-16)10-12-8-4-5-9-13(12)17-15/h1-10H. The molecule has 0 saturated heterocycles. The quantitative estimate of drug-likeness (QED) is 0.508. The molecule has 0 atom stereocenters. The molecule has 0 unspecified atom stereocenters. The van der Waals surface area contributed by atoms with Gasteiger partial charge in [-0.2, -0.15) is 4.98 Å². The average Bonchev–Trinajstić information content (AvgIpc) is 2.88. The van der Waals surface area contributed by atoms with Gasteiger partial charge in [0.15, 0.2) is 11.2 Å². The largest absolute Gasteiger partial charge is 0.434 e. The number of nitrogens with zero attached hydrogens (tertiary/aromatic N) is 2. The van der Waals surface area contributed by atoms with E-state index in [2.05, 4.69) is 9.97 Å². The van der Waals surface area contributed by atoms with E-state index in [4.69, 9.17) is 4.42 Å². The Kier molecular flexibility index (Phi) is 2.12. The minimum Gasteiger partial charge on any atom is -0.434 e. The van der Waals surface area contributed by atoms with Crippen molar-refractivity contribution in [2.75, 3.05) is 0 Å². The van der Waals surface area contributed by atoms with Gasteiger partial charge in [-0.25, -0.2) is 4.98 Å². The first-order valence-electron chi connectivity index (χ1n) is 6.12. The maximum atomic E-state index is 5.79. The fraction of sp³-hybridized carbons (Fsp3) is 0. The van der Waals surface area contributed by atoms with Crippen molar-refractivity contribution in [1.82, 2.24) is 9.97 Å². The number of oxazole rings is 1. The fourth-order valence-electron chi connectivity index (χ4n) is 2.17. The maximum Gasteiger partial charge on any atom is 0.228 e. The SMILES string of the molecule is c1ccc(-c2nc3nc4ccccc4cc3o2)cc1. The molecular weight excluding hydrogens is 236 g/mol. The lowest BCUT2D eigenvalue weighted by molar-refractivity contribution is 0.620. The number of fused-ring (bicyclic) bond motifs is 2. The maximum absolute atomic E-state index is 5.79. The molecule has 0 saturated carbocycles. The van der Waals surface area contributed by atoms with Crippen LogP contribution in [0.4, 0.5) is 0 Å². The Balaban J connectivity index is 1.98. The van der Waals surface area contributed by atoms with Crippen molar-refractivity contribution in [2.24, 2.45) is 0 Å². The topological polar surface area (TPSA) is 38.9 Å². The highest BCUT2D eigenvalue weighted by Gasteiger charge is 2.09. The first kappa shape index (κ1) is 10.3. The molecule has 0 fully saturated rings. The number of hydrogen-bond donors (Lipinski definition) is 0. The molecule has 3 heteroatoms. The monoisotopic (exact) mass is 246 g/mol. The number of benzene rings is 2. The van der Waals surface area contributed by atoms with Crippen LogP contribution in [0.3, 0.4) is 0 Å². The van der Waals surface area contributed by atoms with Crippen LogP contribution in [0.15, 0.2) is 65.1 Å². The van der Waals surface area contributed by atoms with Gasteiger partial charge in [0.25, 0.3) is 0 Å². The molecular formula is C16H10N2O.